The topological polar surface area (TPSA) is 60.0 Å². The van der Waals surface area contributed by atoms with Crippen molar-refractivity contribution in [3.8, 4) is 0 Å². The van der Waals surface area contributed by atoms with Crippen molar-refractivity contribution in [1.29, 1.82) is 0 Å². The van der Waals surface area contributed by atoms with E-state index >= 15 is 0 Å². The van der Waals surface area contributed by atoms with Crippen molar-refractivity contribution in [3.63, 3.8) is 0 Å². The zero-order valence-electron chi connectivity index (χ0n) is 16.7. The number of amides is 1. The monoisotopic (exact) mass is 351 g/mol. The summed E-state index contributed by atoms with van der Waals surface area (Å²) in [5, 5.41) is 7.02. The summed E-state index contributed by atoms with van der Waals surface area (Å²) in [5.74, 6) is 1.80. The fourth-order valence-corrected chi connectivity index (χ4v) is 3.89. The van der Waals surface area contributed by atoms with E-state index in [1.165, 1.54) is 25.9 Å². The largest absolute Gasteiger partial charge is 0.355 e. The number of carbonyl (C=O) groups is 1. The number of hydrogen-bond donors (Lipinski definition) is 2. The van der Waals surface area contributed by atoms with E-state index in [0.29, 0.717) is 12.0 Å². The number of nitrogens with one attached hydrogen (secondary N) is 2. The normalized spacial score (nSPS) is 23.6. The summed E-state index contributed by atoms with van der Waals surface area (Å²) in [4.78, 5) is 21.1. The van der Waals surface area contributed by atoms with Crippen molar-refractivity contribution < 1.29 is 4.79 Å². The third kappa shape index (κ3) is 5.59. The molecule has 2 aliphatic rings. The Morgan fingerprint density at radius 2 is 1.84 bits per heavy atom. The maximum absolute atomic E-state index is 12.1. The molecule has 1 amide bonds. The summed E-state index contributed by atoms with van der Waals surface area (Å²) < 4.78 is 0. The molecule has 2 atom stereocenters. The molecule has 6 heteroatoms. The van der Waals surface area contributed by atoms with Crippen LogP contribution in [0.3, 0.4) is 0 Å². The third-order valence-electron chi connectivity index (χ3n) is 5.42. The lowest BCUT2D eigenvalue weighted by Crippen LogP contribution is -2.51. The molecule has 2 saturated heterocycles. The highest BCUT2D eigenvalue weighted by atomic mass is 16.2. The molecular formula is C19H37N5O. The Morgan fingerprint density at radius 1 is 1.16 bits per heavy atom. The molecule has 2 heterocycles. The fraction of sp³-hybridized carbons (Fsp3) is 0.895. The Bertz CT molecular complexity index is 457. The van der Waals surface area contributed by atoms with Crippen molar-refractivity contribution >= 4 is 11.9 Å². The summed E-state index contributed by atoms with van der Waals surface area (Å²) in [5.41, 5.74) is 0. The average molecular weight is 352 g/mol. The van der Waals surface area contributed by atoms with Crippen LogP contribution in [0.5, 0.6) is 0 Å². The lowest BCUT2D eigenvalue weighted by Gasteiger charge is -2.31. The standard InChI is InChI=1S/C19H37N5O/c1-14(2)17(23-9-6-7-10-23)12-21-19(20-5)22-16-8-11-24(13-16)18(25)15(3)4/h14-17H,6-13H2,1-5H3,(H2,20,21,22). The Morgan fingerprint density at radius 3 is 2.40 bits per heavy atom. The predicted octanol–water partition coefficient (Wildman–Crippen LogP) is 1.53. The molecule has 0 aromatic rings. The van der Waals surface area contributed by atoms with E-state index < -0.39 is 0 Å². The molecule has 2 unspecified atom stereocenters. The van der Waals surface area contributed by atoms with Crippen molar-refractivity contribution in [2.45, 2.75) is 59.0 Å². The van der Waals surface area contributed by atoms with E-state index in [4.69, 9.17) is 0 Å². The van der Waals surface area contributed by atoms with Crippen LogP contribution in [-0.2, 0) is 4.79 Å². The molecule has 0 aromatic carbocycles. The van der Waals surface area contributed by atoms with Gasteiger partial charge >= 0.3 is 0 Å². The molecule has 0 aliphatic carbocycles. The van der Waals surface area contributed by atoms with Crippen LogP contribution in [0.25, 0.3) is 0 Å². The summed E-state index contributed by atoms with van der Waals surface area (Å²) in [6, 6.07) is 0.835. The first-order valence-corrected chi connectivity index (χ1v) is 9.92. The maximum Gasteiger partial charge on any atom is 0.225 e. The molecule has 25 heavy (non-hydrogen) atoms. The van der Waals surface area contributed by atoms with Gasteiger partial charge in [0.25, 0.3) is 0 Å². The Hall–Kier alpha value is -1.30. The first-order valence-electron chi connectivity index (χ1n) is 9.92. The van der Waals surface area contributed by atoms with Crippen LogP contribution >= 0.6 is 0 Å². The van der Waals surface area contributed by atoms with E-state index in [2.05, 4.69) is 34.4 Å². The van der Waals surface area contributed by atoms with Crippen LogP contribution in [0.15, 0.2) is 4.99 Å². The summed E-state index contributed by atoms with van der Waals surface area (Å²) in [7, 11) is 1.82. The highest BCUT2D eigenvalue weighted by molar-refractivity contribution is 5.81. The van der Waals surface area contributed by atoms with Crippen LogP contribution in [0.2, 0.25) is 0 Å². The van der Waals surface area contributed by atoms with Gasteiger partial charge in [-0.2, -0.15) is 0 Å². The summed E-state index contributed by atoms with van der Waals surface area (Å²) in [6.45, 7) is 13.5. The van der Waals surface area contributed by atoms with E-state index in [-0.39, 0.29) is 17.9 Å². The van der Waals surface area contributed by atoms with Gasteiger partial charge in [0.1, 0.15) is 0 Å². The van der Waals surface area contributed by atoms with Gasteiger partial charge in [0.15, 0.2) is 5.96 Å². The smallest absolute Gasteiger partial charge is 0.225 e. The molecule has 0 aromatic heterocycles. The van der Waals surface area contributed by atoms with Crippen LogP contribution in [-0.4, -0.2) is 73.5 Å². The second-order valence-electron chi connectivity index (χ2n) is 8.08. The molecule has 0 bridgehead atoms. The van der Waals surface area contributed by atoms with Crippen LogP contribution in [0, 0.1) is 11.8 Å². The first kappa shape index (κ1) is 20.0. The number of guanidine groups is 1. The van der Waals surface area contributed by atoms with Crippen molar-refractivity contribution in [3.05, 3.63) is 0 Å². The van der Waals surface area contributed by atoms with Crippen molar-refractivity contribution in [2.24, 2.45) is 16.8 Å². The summed E-state index contributed by atoms with van der Waals surface area (Å²) in [6.07, 6.45) is 3.62. The quantitative estimate of drug-likeness (QED) is 0.563. The van der Waals surface area contributed by atoms with Crippen molar-refractivity contribution in [1.82, 2.24) is 20.4 Å². The number of nitrogens with zero attached hydrogens (tertiary/aromatic N) is 3. The third-order valence-corrected chi connectivity index (χ3v) is 5.42. The zero-order valence-corrected chi connectivity index (χ0v) is 16.7. The molecule has 0 radical (unpaired) electrons. The molecule has 6 nitrogen and oxygen atoms in total. The second kappa shape index (κ2) is 9.41. The fourth-order valence-electron chi connectivity index (χ4n) is 3.89. The zero-order chi connectivity index (χ0) is 18.4. The maximum atomic E-state index is 12.1. The molecule has 0 saturated carbocycles. The molecule has 2 aliphatic heterocycles. The lowest BCUT2D eigenvalue weighted by atomic mass is 10.0. The minimum absolute atomic E-state index is 0.0726. The number of rotatable bonds is 6. The van der Waals surface area contributed by atoms with Gasteiger partial charge < -0.3 is 15.5 Å². The molecule has 144 valence electrons. The van der Waals surface area contributed by atoms with Gasteiger partial charge in [-0.15, -0.1) is 0 Å². The van der Waals surface area contributed by atoms with Gasteiger partial charge in [0.05, 0.1) is 0 Å². The van der Waals surface area contributed by atoms with E-state index in [9.17, 15) is 4.79 Å². The Balaban J connectivity index is 1.81. The highest BCUT2D eigenvalue weighted by Crippen LogP contribution is 2.17. The van der Waals surface area contributed by atoms with Crippen LogP contribution < -0.4 is 10.6 Å². The first-order chi connectivity index (χ1) is 11.9. The highest BCUT2D eigenvalue weighted by Gasteiger charge is 2.29. The molecular weight excluding hydrogens is 314 g/mol. The van der Waals surface area contributed by atoms with Gasteiger partial charge in [0, 0.05) is 44.7 Å². The molecule has 2 rings (SSSR count). The van der Waals surface area contributed by atoms with E-state index in [1.807, 2.05) is 25.8 Å². The molecule has 0 spiro atoms. The molecule has 2 N–H and O–H groups in total. The van der Waals surface area contributed by atoms with E-state index in [0.717, 1.165) is 32.0 Å². The van der Waals surface area contributed by atoms with Gasteiger partial charge in [0.2, 0.25) is 5.91 Å². The minimum atomic E-state index is 0.0726. The Labute approximate surface area is 153 Å². The van der Waals surface area contributed by atoms with E-state index in [1.54, 1.807) is 0 Å². The second-order valence-corrected chi connectivity index (χ2v) is 8.08. The number of hydrogen-bond acceptors (Lipinski definition) is 3. The van der Waals surface area contributed by atoms with Gasteiger partial charge in [-0.1, -0.05) is 27.7 Å². The lowest BCUT2D eigenvalue weighted by molar-refractivity contribution is -0.133. The van der Waals surface area contributed by atoms with Crippen LogP contribution in [0.1, 0.15) is 47.0 Å². The number of likely N-dealkylation sites (tertiary alicyclic amines) is 2. The Kier molecular flexibility index (Phi) is 7.54. The van der Waals surface area contributed by atoms with Gasteiger partial charge in [-0.05, 0) is 38.3 Å². The molecule has 2 fully saturated rings. The number of carbonyl (C=O) groups excluding carboxylic acids is 1. The minimum Gasteiger partial charge on any atom is -0.355 e. The van der Waals surface area contributed by atoms with Crippen LogP contribution in [0.4, 0.5) is 0 Å². The van der Waals surface area contributed by atoms with Crippen molar-refractivity contribution in [2.75, 3.05) is 39.8 Å². The summed E-state index contributed by atoms with van der Waals surface area (Å²) >= 11 is 0. The number of aliphatic imine (C=N–C) groups is 1. The average Bonchev–Trinajstić information content (AvgIpc) is 3.24. The SMILES string of the molecule is CN=C(NCC(C(C)C)N1CCCC1)NC1CCN(C(=O)C(C)C)C1. The van der Waals surface area contributed by atoms with Gasteiger partial charge in [-0.3, -0.25) is 14.7 Å². The predicted molar refractivity (Wildman–Crippen MR) is 104 cm³/mol. The van der Waals surface area contributed by atoms with Gasteiger partial charge in [-0.25, -0.2) is 0 Å².